The lowest BCUT2D eigenvalue weighted by Gasteiger charge is -2.21. The highest BCUT2D eigenvalue weighted by Gasteiger charge is 2.06. The summed E-state index contributed by atoms with van der Waals surface area (Å²) < 4.78 is 0. The van der Waals surface area contributed by atoms with Crippen LogP contribution in [0.3, 0.4) is 0 Å². The number of piperidine rings is 1. The molecule has 0 amide bonds. The first-order valence-corrected chi connectivity index (χ1v) is 6.42. The standard InChI is InChI=1S/C14H17N3O2/c18-14(19)8-7-12-5-4-6-13(11-12)15-16-17-9-2-1-3-10-17/h4-8,11H,1-3,9-10H2,(H,18,19)/b8-7+,16-15?. The van der Waals surface area contributed by atoms with E-state index in [9.17, 15) is 4.79 Å². The van der Waals surface area contributed by atoms with Crippen LogP contribution in [-0.4, -0.2) is 29.2 Å². The lowest BCUT2D eigenvalue weighted by atomic mass is 10.2. The molecule has 1 heterocycles. The van der Waals surface area contributed by atoms with Crippen LogP contribution in [-0.2, 0) is 4.79 Å². The molecule has 1 aromatic carbocycles. The van der Waals surface area contributed by atoms with E-state index in [1.165, 1.54) is 19.3 Å². The van der Waals surface area contributed by atoms with Gasteiger partial charge in [0.2, 0.25) is 0 Å². The first-order chi connectivity index (χ1) is 9.24. The van der Waals surface area contributed by atoms with Gasteiger partial charge in [0.1, 0.15) is 0 Å². The zero-order chi connectivity index (χ0) is 13.5. The Bertz CT molecular complexity index is 491. The van der Waals surface area contributed by atoms with Crippen molar-refractivity contribution in [3.05, 3.63) is 35.9 Å². The maximum absolute atomic E-state index is 10.5. The maximum Gasteiger partial charge on any atom is 0.328 e. The second-order valence-corrected chi connectivity index (χ2v) is 4.47. The molecule has 0 atom stereocenters. The third-order valence-corrected chi connectivity index (χ3v) is 2.91. The molecule has 1 aromatic rings. The van der Waals surface area contributed by atoms with Crippen LogP contribution in [0.1, 0.15) is 24.8 Å². The molecule has 100 valence electrons. The average Bonchev–Trinajstić information content (AvgIpc) is 2.44. The molecule has 1 fully saturated rings. The Morgan fingerprint density at radius 2 is 2.05 bits per heavy atom. The predicted octanol–water partition coefficient (Wildman–Crippen LogP) is 3.27. The number of carboxylic acids is 1. The van der Waals surface area contributed by atoms with Crippen molar-refractivity contribution < 1.29 is 9.90 Å². The van der Waals surface area contributed by atoms with Gasteiger partial charge >= 0.3 is 5.97 Å². The van der Waals surface area contributed by atoms with Gasteiger partial charge in [-0.1, -0.05) is 17.4 Å². The molecule has 0 spiro atoms. The number of aliphatic carboxylic acids is 1. The lowest BCUT2D eigenvalue weighted by Crippen LogP contribution is -2.23. The maximum atomic E-state index is 10.5. The zero-order valence-corrected chi connectivity index (χ0v) is 10.7. The molecular formula is C14H17N3O2. The van der Waals surface area contributed by atoms with Crippen molar-refractivity contribution >= 4 is 17.7 Å². The van der Waals surface area contributed by atoms with E-state index in [0.717, 1.165) is 30.4 Å². The van der Waals surface area contributed by atoms with Gasteiger partial charge in [-0.25, -0.2) is 4.79 Å². The van der Waals surface area contributed by atoms with Gasteiger partial charge in [0.15, 0.2) is 0 Å². The van der Waals surface area contributed by atoms with Gasteiger partial charge in [0.05, 0.1) is 5.69 Å². The van der Waals surface area contributed by atoms with E-state index in [2.05, 4.69) is 10.3 Å². The van der Waals surface area contributed by atoms with Crippen LogP contribution in [0.4, 0.5) is 5.69 Å². The molecule has 2 rings (SSSR count). The van der Waals surface area contributed by atoms with Crippen molar-refractivity contribution in [2.75, 3.05) is 13.1 Å². The molecule has 5 nitrogen and oxygen atoms in total. The fourth-order valence-corrected chi connectivity index (χ4v) is 1.94. The van der Waals surface area contributed by atoms with Gasteiger partial charge in [-0.05, 0) is 43.0 Å². The second-order valence-electron chi connectivity index (χ2n) is 4.47. The molecule has 1 aliphatic rings. The molecule has 0 radical (unpaired) electrons. The number of carboxylic acid groups (broad SMARTS) is 1. The van der Waals surface area contributed by atoms with Gasteiger partial charge in [0.25, 0.3) is 0 Å². The molecule has 0 unspecified atom stereocenters. The van der Waals surface area contributed by atoms with Crippen molar-refractivity contribution in [3.8, 4) is 0 Å². The third kappa shape index (κ3) is 4.54. The molecular weight excluding hydrogens is 242 g/mol. The topological polar surface area (TPSA) is 65.3 Å². The highest BCUT2D eigenvalue weighted by atomic mass is 16.4. The largest absolute Gasteiger partial charge is 0.478 e. The summed E-state index contributed by atoms with van der Waals surface area (Å²) in [6, 6.07) is 7.34. The van der Waals surface area contributed by atoms with Crippen molar-refractivity contribution in [1.82, 2.24) is 5.01 Å². The SMILES string of the molecule is O=C(O)/C=C/c1cccc(N=NN2CCCCC2)c1. The molecule has 1 saturated heterocycles. The third-order valence-electron chi connectivity index (χ3n) is 2.91. The van der Waals surface area contributed by atoms with E-state index < -0.39 is 5.97 Å². The Kier molecular flexibility index (Phi) is 4.66. The van der Waals surface area contributed by atoms with E-state index in [1.807, 2.05) is 29.3 Å². The number of benzene rings is 1. The van der Waals surface area contributed by atoms with Gasteiger partial charge in [0, 0.05) is 19.2 Å². The van der Waals surface area contributed by atoms with Crippen LogP contribution in [0.5, 0.6) is 0 Å². The molecule has 0 aromatic heterocycles. The lowest BCUT2D eigenvalue weighted by molar-refractivity contribution is -0.131. The highest BCUT2D eigenvalue weighted by Crippen LogP contribution is 2.17. The fraction of sp³-hybridized carbons (Fsp3) is 0.357. The van der Waals surface area contributed by atoms with Crippen LogP contribution in [0.2, 0.25) is 0 Å². The molecule has 1 N–H and O–H groups in total. The number of rotatable bonds is 4. The first kappa shape index (κ1) is 13.3. The Morgan fingerprint density at radius 1 is 1.26 bits per heavy atom. The Morgan fingerprint density at radius 3 is 2.79 bits per heavy atom. The van der Waals surface area contributed by atoms with Crippen LogP contribution >= 0.6 is 0 Å². The molecule has 19 heavy (non-hydrogen) atoms. The summed E-state index contributed by atoms with van der Waals surface area (Å²) in [6.07, 6.45) is 6.26. The molecule has 1 aliphatic heterocycles. The quantitative estimate of drug-likeness (QED) is 0.666. The summed E-state index contributed by atoms with van der Waals surface area (Å²) in [7, 11) is 0. The van der Waals surface area contributed by atoms with E-state index in [-0.39, 0.29) is 0 Å². The minimum Gasteiger partial charge on any atom is -0.478 e. The number of hydrogen-bond acceptors (Lipinski definition) is 3. The van der Waals surface area contributed by atoms with Gasteiger partial charge in [-0.3, -0.25) is 5.01 Å². The van der Waals surface area contributed by atoms with Gasteiger partial charge in [-0.2, -0.15) is 0 Å². The minimum absolute atomic E-state index is 0.734. The van der Waals surface area contributed by atoms with Crippen LogP contribution < -0.4 is 0 Å². The molecule has 0 saturated carbocycles. The normalized spacial score (nSPS) is 16.3. The van der Waals surface area contributed by atoms with Crippen molar-refractivity contribution in [1.29, 1.82) is 0 Å². The number of nitrogens with zero attached hydrogens (tertiary/aromatic N) is 3. The highest BCUT2D eigenvalue weighted by molar-refractivity contribution is 5.85. The van der Waals surface area contributed by atoms with E-state index in [1.54, 1.807) is 6.08 Å². The Labute approximate surface area is 112 Å². The van der Waals surface area contributed by atoms with E-state index in [4.69, 9.17) is 5.11 Å². The molecule has 0 aliphatic carbocycles. The van der Waals surface area contributed by atoms with Crippen LogP contribution in [0, 0.1) is 0 Å². The summed E-state index contributed by atoms with van der Waals surface area (Å²) in [4.78, 5) is 10.5. The van der Waals surface area contributed by atoms with E-state index >= 15 is 0 Å². The van der Waals surface area contributed by atoms with Crippen molar-refractivity contribution in [2.24, 2.45) is 10.3 Å². The monoisotopic (exact) mass is 259 g/mol. The Balaban J connectivity index is 2.01. The van der Waals surface area contributed by atoms with Gasteiger partial charge < -0.3 is 5.11 Å². The average molecular weight is 259 g/mol. The summed E-state index contributed by atoms with van der Waals surface area (Å²) in [5, 5.41) is 19.0. The zero-order valence-electron chi connectivity index (χ0n) is 10.7. The van der Waals surface area contributed by atoms with Crippen molar-refractivity contribution in [2.45, 2.75) is 19.3 Å². The van der Waals surface area contributed by atoms with Crippen LogP contribution in [0.15, 0.2) is 40.7 Å². The number of carbonyl (C=O) groups is 1. The summed E-state index contributed by atoms with van der Waals surface area (Å²) in [5.41, 5.74) is 1.54. The number of hydrogen-bond donors (Lipinski definition) is 1. The minimum atomic E-state index is -0.958. The van der Waals surface area contributed by atoms with Gasteiger partial charge in [-0.15, -0.1) is 5.11 Å². The second kappa shape index (κ2) is 6.68. The Hall–Kier alpha value is -2.17. The van der Waals surface area contributed by atoms with Crippen LogP contribution in [0.25, 0.3) is 6.08 Å². The summed E-state index contributed by atoms with van der Waals surface area (Å²) in [6.45, 7) is 1.92. The molecule has 5 heteroatoms. The first-order valence-electron chi connectivity index (χ1n) is 6.42. The van der Waals surface area contributed by atoms with E-state index in [0.29, 0.717) is 0 Å². The summed E-state index contributed by atoms with van der Waals surface area (Å²) >= 11 is 0. The summed E-state index contributed by atoms with van der Waals surface area (Å²) in [5.74, 6) is -0.958. The fourth-order valence-electron chi connectivity index (χ4n) is 1.94. The smallest absolute Gasteiger partial charge is 0.328 e. The predicted molar refractivity (Wildman–Crippen MR) is 73.1 cm³/mol. The molecule has 0 bridgehead atoms. The van der Waals surface area contributed by atoms with Crippen molar-refractivity contribution in [3.63, 3.8) is 0 Å².